The van der Waals surface area contributed by atoms with Gasteiger partial charge < -0.3 is 20.9 Å². The number of ether oxygens (including phenoxy) is 1. The van der Waals surface area contributed by atoms with Crippen LogP contribution < -0.4 is 11.1 Å². The highest BCUT2D eigenvalue weighted by Crippen LogP contribution is 2.17. The lowest BCUT2D eigenvalue weighted by Crippen LogP contribution is -2.32. The van der Waals surface area contributed by atoms with Crippen molar-refractivity contribution in [3.8, 4) is 17.6 Å². The monoisotopic (exact) mass is 290 g/mol. The molecule has 0 atom stereocenters. The average Bonchev–Trinajstić information content (AvgIpc) is 2.34. The molecule has 6 nitrogen and oxygen atoms in total. The molecule has 0 aliphatic heterocycles. The fourth-order valence-electron chi connectivity index (χ4n) is 1.39. The van der Waals surface area contributed by atoms with Crippen LogP contribution in [0.4, 0.5) is 4.79 Å². The second-order valence-corrected chi connectivity index (χ2v) is 5.25. The van der Waals surface area contributed by atoms with E-state index in [4.69, 9.17) is 10.5 Å². The van der Waals surface area contributed by atoms with Crippen molar-refractivity contribution < 1.29 is 19.4 Å². The molecule has 1 aromatic carbocycles. The zero-order valence-corrected chi connectivity index (χ0v) is 12.2. The molecule has 0 bridgehead atoms. The molecule has 4 N–H and O–H groups in total. The van der Waals surface area contributed by atoms with Crippen molar-refractivity contribution in [3.63, 3.8) is 0 Å². The van der Waals surface area contributed by atoms with E-state index >= 15 is 0 Å². The van der Waals surface area contributed by atoms with E-state index in [1.165, 1.54) is 12.1 Å². The van der Waals surface area contributed by atoms with Gasteiger partial charge in [0.25, 0.3) is 5.91 Å². The fraction of sp³-hybridized carbons (Fsp3) is 0.333. The Morgan fingerprint density at radius 2 is 2.05 bits per heavy atom. The largest absolute Gasteiger partial charge is 0.507 e. The van der Waals surface area contributed by atoms with E-state index in [-0.39, 0.29) is 17.9 Å². The zero-order chi connectivity index (χ0) is 16.0. The third-order valence-electron chi connectivity index (χ3n) is 2.21. The molecule has 0 unspecified atom stereocenters. The van der Waals surface area contributed by atoms with Crippen LogP contribution in [-0.4, -0.2) is 29.3 Å². The van der Waals surface area contributed by atoms with Crippen molar-refractivity contribution in [3.05, 3.63) is 29.3 Å². The molecule has 0 spiro atoms. The lowest BCUT2D eigenvalue weighted by Gasteiger charge is -2.18. The Kier molecular flexibility index (Phi) is 5.19. The average molecular weight is 290 g/mol. The maximum Gasteiger partial charge on any atom is 0.408 e. The third-order valence-corrected chi connectivity index (χ3v) is 2.21. The Labute approximate surface area is 123 Å². The number of amides is 2. The summed E-state index contributed by atoms with van der Waals surface area (Å²) in [7, 11) is 0. The van der Waals surface area contributed by atoms with Gasteiger partial charge in [0.2, 0.25) is 0 Å². The van der Waals surface area contributed by atoms with Crippen LogP contribution in [0.15, 0.2) is 18.2 Å². The number of phenols is 1. The zero-order valence-electron chi connectivity index (χ0n) is 12.2. The standard InChI is InChI=1S/C15H18N2O4/c1-15(2,3)21-14(20)17-8-4-5-10-6-7-12(18)11(9-10)13(16)19/h6-7,9,18H,8H2,1-3H3,(H2,16,19)(H,17,20). The summed E-state index contributed by atoms with van der Waals surface area (Å²) < 4.78 is 5.04. The van der Waals surface area contributed by atoms with Crippen LogP contribution in [0.25, 0.3) is 0 Å². The lowest BCUT2D eigenvalue weighted by atomic mass is 10.1. The molecular formula is C15H18N2O4. The van der Waals surface area contributed by atoms with E-state index in [9.17, 15) is 14.7 Å². The van der Waals surface area contributed by atoms with E-state index < -0.39 is 17.6 Å². The van der Waals surface area contributed by atoms with Crippen molar-refractivity contribution >= 4 is 12.0 Å². The van der Waals surface area contributed by atoms with E-state index in [2.05, 4.69) is 17.2 Å². The molecule has 0 saturated heterocycles. The van der Waals surface area contributed by atoms with E-state index in [1.807, 2.05) is 0 Å². The fourth-order valence-corrected chi connectivity index (χ4v) is 1.39. The second-order valence-electron chi connectivity index (χ2n) is 5.25. The summed E-state index contributed by atoms with van der Waals surface area (Å²) in [5.41, 5.74) is 5.06. The van der Waals surface area contributed by atoms with Gasteiger partial charge in [-0.3, -0.25) is 4.79 Å². The number of benzene rings is 1. The molecule has 0 aliphatic carbocycles. The number of nitrogens with two attached hydrogens (primary N) is 1. The highest BCUT2D eigenvalue weighted by molar-refractivity contribution is 5.95. The molecular weight excluding hydrogens is 272 g/mol. The second kappa shape index (κ2) is 6.66. The van der Waals surface area contributed by atoms with Crippen molar-refractivity contribution in [2.45, 2.75) is 26.4 Å². The summed E-state index contributed by atoms with van der Waals surface area (Å²) in [5, 5.41) is 11.9. The molecule has 0 aliphatic rings. The molecule has 0 heterocycles. The summed E-state index contributed by atoms with van der Waals surface area (Å²) in [4.78, 5) is 22.4. The molecule has 2 amide bonds. The minimum Gasteiger partial charge on any atom is -0.507 e. The van der Waals surface area contributed by atoms with E-state index in [0.29, 0.717) is 5.56 Å². The Morgan fingerprint density at radius 1 is 1.38 bits per heavy atom. The van der Waals surface area contributed by atoms with Crippen LogP contribution in [0.5, 0.6) is 5.75 Å². The molecule has 0 fully saturated rings. The van der Waals surface area contributed by atoms with E-state index in [1.54, 1.807) is 26.8 Å². The topological polar surface area (TPSA) is 102 Å². The first-order valence-corrected chi connectivity index (χ1v) is 6.27. The van der Waals surface area contributed by atoms with Crippen LogP contribution in [-0.2, 0) is 4.74 Å². The Balaban J connectivity index is 2.62. The van der Waals surface area contributed by atoms with Crippen LogP contribution in [0.3, 0.4) is 0 Å². The first-order chi connectivity index (χ1) is 9.69. The first-order valence-electron chi connectivity index (χ1n) is 6.27. The number of hydrogen-bond donors (Lipinski definition) is 3. The highest BCUT2D eigenvalue weighted by Gasteiger charge is 2.15. The van der Waals surface area contributed by atoms with Gasteiger partial charge in [0.05, 0.1) is 12.1 Å². The Bertz CT molecular complexity index is 606. The molecule has 112 valence electrons. The van der Waals surface area contributed by atoms with Gasteiger partial charge in [-0.25, -0.2) is 4.79 Å². The van der Waals surface area contributed by atoms with Crippen LogP contribution in [0.1, 0.15) is 36.7 Å². The van der Waals surface area contributed by atoms with Gasteiger partial charge in [-0.1, -0.05) is 11.8 Å². The van der Waals surface area contributed by atoms with Gasteiger partial charge >= 0.3 is 6.09 Å². The maximum atomic E-state index is 11.4. The number of nitrogens with one attached hydrogen (secondary N) is 1. The molecule has 0 radical (unpaired) electrons. The minimum atomic E-state index is -0.733. The molecule has 0 saturated carbocycles. The predicted molar refractivity (Wildman–Crippen MR) is 77.7 cm³/mol. The van der Waals surface area contributed by atoms with Crippen LogP contribution >= 0.6 is 0 Å². The number of primary amides is 1. The van der Waals surface area contributed by atoms with Crippen LogP contribution in [0.2, 0.25) is 0 Å². The summed E-state index contributed by atoms with van der Waals surface area (Å²) in [6.45, 7) is 5.39. The van der Waals surface area contributed by atoms with Gasteiger partial charge in [-0.2, -0.15) is 0 Å². The molecule has 1 aromatic rings. The van der Waals surface area contributed by atoms with Gasteiger partial charge in [-0.05, 0) is 39.0 Å². The maximum absolute atomic E-state index is 11.4. The smallest absolute Gasteiger partial charge is 0.408 e. The van der Waals surface area contributed by atoms with Crippen molar-refractivity contribution in [2.75, 3.05) is 6.54 Å². The third kappa shape index (κ3) is 5.87. The van der Waals surface area contributed by atoms with Crippen molar-refractivity contribution in [1.82, 2.24) is 5.32 Å². The summed E-state index contributed by atoms with van der Waals surface area (Å²) >= 11 is 0. The number of hydrogen-bond acceptors (Lipinski definition) is 4. The lowest BCUT2D eigenvalue weighted by molar-refractivity contribution is 0.0535. The Morgan fingerprint density at radius 3 is 2.62 bits per heavy atom. The summed E-state index contributed by atoms with van der Waals surface area (Å²) in [6, 6.07) is 4.27. The first kappa shape index (κ1) is 16.4. The Hall–Kier alpha value is -2.68. The predicted octanol–water partition coefficient (Wildman–Crippen LogP) is 1.37. The normalized spacial score (nSPS) is 10.2. The molecule has 0 aromatic heterocycles. The molecule has 21 heavy (non-hydrogen) atoms. The van der Waals surface area contributed by atoms with Gasteiger partial charge in [0.15, 0.2) is 0 Å². The minimum absolute atomic E-state index is 0.00176. The SMILES string of the molecule is CC(C)(C)OC(=O)NCC#Cc1ccc(O)c(C(N)=O)c1. The van der Waals surface area contributed by atoms with E-state index in [0.717, 1.165) is 0 Å². The quantitative estimate of drug-likeness (QED) is 0.716. The van der Waals surface area contributed by atoms with Crippen LogP contribution in [0, 0.1) is 11.8 Å². The van der Waals surface area contributed by atoms with Crippen molar-refractivity contribution in [1.29, 1.82) is 0 Å². The van der Waals surface area contributed by atoms with Gasteiger partial charge in [0.1, 0.15) is 11.4 Å². The summed E-state index contributed by atoms with van der Waals surface area (Å²) in [5.74, 6) is 4.53. The summed E-state index contributed by atoms with van der Waals surface area (Å²) in [6.07, 6.45) is -0.555. The number of alkyl carbamates (subject to hydrolysis) is 1. The molecule has 1 rings (SSSR count). The number of carbonyl (C=O) groups is 2. The number of aromatic hydroxyl groups is 1. The molecule has 6 heteroatoms. The number of rotatable bonds is 2. The number of carbonyl (C=O) groups excluding carboxylic acids is 2. The van der Waals surface area contributed by atoms with Gasteiger partial charge in [-0.15, -0.1) is 0 Å². The highest BCUT2D eigenvalue weighted by atomic mass is 16.6. The van der Waals surface area contributed by atoms with Crippen molar-refractivity contribution in [2.24, 2.45) is 5.73 Å². The van der Waals surface area contributed by atoms with Gasteiger partial charge in [0, 0.05) is 5.56 Å².